The first-order valence-electron chi connectivity index (χ1n) is 6.78. The predicted octanol–water partition coefficient (Wildman–Crippen LogP) is 3.93. The van der Waals surface area contributed by atoms with Gasteiger partial charge in [-0.25, -0.2) is 0 Å². The molecule has 6 nitrogen and oxygen atoms in total. The highest BCUT2D eigenvalue weighted by Gasteiger charge is 2.30. The van der Waals surface area contributed by atoms with Gasteiger partial charge in [-0.2, -0.15) is 18.3 Å². The van der Waals surface area contributed by atoms with Gasteiger partial charge in [0.2, 0.25) is 0 Å². The Hall–Kier alpha value is -3.01. The molecule has 0 aliphatic carbocycles. The average molecular weight is 368 g/mol. The summed E-state index contributed by atoms with van der Waals surface area (Å²) in [5.41, 5.74) is 1.82. The SMILES string of the molecule is O=[N+]([O-])c1ccccc1/C=N/NC(=S)Nc1cccc(C(F)(F)F)c1. The molecule has 0 bridgehead atoms. The van der Waals surface area contributed by atoms with Crippen LogP contribution in [0.4, 0.5) is 24.5 Å². The maximum Gasteiger partial charge on any atom is 0.416 e. The Bertz CT molecular complexity index is 824. The third-order valence-corrected chi connectivity index (χ3v) is 3.14. The van der Waals surface area contributed by atoms with E-state index in [0.717, 1.165) is 12.1 Å². The van der Waals surface area contributed by atoms with Crippen LogP contribution in [0.3, 0.4) is 0 Å². The molecule has 0 aliphatic rings. The zero-order valence-corrected chi connectivity index (χ0v) is 13.3. The highest BCUT2D eigenvalue weighted by Crippen LogP contribution is 2.30. The number of nitrogens with zero attached hydrogens (tertiary/aromatic N) is 2. The van der Waals surface area contributed by atoms with Gasteiger partial charge in [-0.05, 0) is 36.5 Å². The minimum absolute atomic E-state index is 0.0610. The highest BCUT2D eigenvalue weighted by molar-refractivity contribution is 7.80. The van der Waals surface area contributed by atoms with Crippen molar-refractivity contribution in [2.45, 2.75) is 6.18 Å². The summed E-state index contributed by atoms with van der Waals surface area (Å²) in [7, 11) is 0. The highest BCUT2D eigenvalue weighted by atomic mass is 32.1. The molecule has 0 saturated heterocycles. The second-order valence-corrected chi connectivity index (χ2v) is 5.13. The molecule has 25 heavy (non-hydrogen) atoms. The van der Waals surface area contributed by atoms with Gasteiger partial charge < -0.3 is 5.32 Å². The van der Waals surface area contributed by atoms with E-state index in [9.17, 15) is 23.3 Å². The molecule has 0 radical (unpaired) electrons. The van der Waals surface area contributed by atoms with Crippen LogP contribution in [-0.2, 0) is 6.18 Å². The summed E-state index contributed by atoms with van der Waals surface area (Å²) in [6, 6.07) is 10.4. The van der Waals surface area contributed by atoms with Crippen molar-refractivity contribution in [2.75, 3.05) is 5.32 Å². The molecule has 2 aromatic carbocycles. The van der Waals surface area contributed by atoms with E-state index >= 15 is 0 Å². The van der Waals surface area contributed by atoms with Gasteiger partial charge in [-0.15, -0.1) is 0 Å². The van der Waals surface area contributed by atoms with Crippen LogP contribution < -0.4 is 10.7 Å². The van der Waals surface area contributed by atoms with Gasteiger partial charge in [-0.3, -0.25) is 15.5 Å². The van der Waals surface area contributed by atoms with Crippen LogP contribution in [0.2, 0.25) is 0 Å². The Morgan fingerprint density at radius 1 is 1.20 bits per heavy atom. The van der Waals surface area contributed by atoms with Gasteiger partial charge in [0.15, 0.2) is 5.11 Å². The zero-order chi connectivity index (χ0) is 18.4. The van der Waals surface area contributed by atoms with Gasteiger partial charge in [0.25, 0.3) is 5.69 Å². The predicted molar refractivity (Wildman–Crippen MR) is 91.5 cm³/mol. The molecule has 0 spiro atoms. The number of halogens is 3. The van der Waals surface area contributed by atoms with E-state index in [1.54, 1.807) is 6.07 Å². The van der Waals surface area contributed by atoms with Crippen LogP contribution in [0.1, 0.15) is 11.1 Å². The van der Waals surface area contributed by atoms with Crippen LogP contribution >= 0.6 is 12.2 Å². The molecule has 0 atom stereocenters. The average Bonchev–Trinajstić information content (AvgIpc) is 2.54. The van der Waals surface area contributed by atoms with Crippen molar-refractivity contribution < 1.29 is 18.1 Å². The van der Waals surface area contributed by atoms with Gasteiger partial charge in [-0.1, -0.05) is 18.2 Å². The lowest BCUT2D eigenvalue weighted by Crippen LogP contribution is -2.24. The van der Waals surface area contributed by atoms with Crippen LogP contribution in [-0.4, -0.2) is 16.3 Å². The molecule has 2 N–H and O–H groups in total. The largest absolute Gasteiger partial charge is 0.416 e. The Morgan fingerprint density at radius 3 is 2.60 bits per heavy atom. The van der Waals surface area contributed by atoms with Crippen molar-refractivity contribution in [1.82, 2.24) is 5.43 Å². The normalized spacial score (nSPS) is 11.3. The number of benzene rings is 2. The van der Waals surface area contributed by atoms with E-state index in [1.807, 2.05) is 0 Å². The lowest BCUT2D eigenvalue weighted by molar-refractivity contribution is -0.385. The fourth-order valence-electron chi connectivity index (χ4n) is 1.86. The quantitative estimate of drug-likeness (QED) is 0.370. The number of hydrazone groups is 1. The number of hydrogen-bond acceptors (Lipinski definition) is 4. The molecule has 0 aliphatic heterocycles. The number of anilines is 1. The lowest BCUT2D eigenvalue weighted by Gasteiger charge is -2.10. The Morgan fingerprint density at radius 2 is 1.92 bits per heavy atom. The molecular weight excluding hydrogens is 357 g/mol. The van der Waals surface area contributed by atoms with Gasteiger partial charge in [0.1, 0.15) is 0 Å². The van der Waals surface area contributed by atoms with E-state index in [1.165, 1.54) is 36.5 Å². The van der Waals surface area contributed by atoms with Crippen molar-refractivity contribution in [3.8, 4) is 0 Å². The number of para-hydroxylation sites is 1. The van der Waals surface area contributed by atoms with Crippen LogP contribution in [0, 0.1) is 10.1 Å². The van der Waals surface area contributed by atoms with Crippen LogP contribution in [0.5, 0.6) is 0 Å². The molecule has 0 amide bonds. The Balaban J connectivity index is 2.01. The van der Waals surface area contributed by atoms with E-state index in [4.69, 9.17) is 12.2 Å². The van der Waals surface area contributed by atoms with E-state index in [-0.39, 0.29) is 22.1 Å². The van der Waals surface area contributed by atoms with E-state index in [0.29, 0.717) is 0 Å². The monoisotopic (exact) mass is 368 g/mol. The molecule has 0 heterocycles. The molecule has 10 heteroatoms. The number of alkyl halides is 3. The Kier molecular flexibility index (Phi) is 5.65. The summed E-state index contributed by atoms with van der Waals surface area (Å²) >= 11 is 4.92. The molecule has 130 valence electrons. The second kappa shape index (κ2) is 7.71. The maximum atomic E-state index is 12.6. The first-order chi connectivity index (χ1) is 11.8. The van der Waals surface area contributed by atoms with Gasteiger partial charge >= 0.3 is 6.18 Å². The maximum absolute atomic E-state index is 12.6. The standard InChI is InChI=1S/C15H11F3N4O2S/c16-15(17,18)11-5-3-6-12(8-11)20-14(25)21-19-9-10-4-1-2-7-13(10)22(23)24/h1-9H,(H2,20,21,25)/b19-9+. The number of nitro benzene ring substituents is 1. The zero-order valence-electron chi connectivity index (χ0n) is 12.4. The molecule has 0 aromatic heterocycles. The fraction of sp³-hybridized carbons (Fsp3) is 0.0667. The summed E-state index contributed by atoms with van der Waals surface area (Å²) in [5.74, 6) is 0. The van der Waals surface area contributed by atoms with Crippen molar-refractivity contribution >= 4 is 34.9 Å². The summed E-state index contributed by atoms with van der Waals surface area (Å²) in [4.78, 5) is 10.3. The molecule has 0 saturated carbocycles. The van der Waals surface area contributed by atoms with Gasteiger partial charge in [0, 0.05) is 11.8 Å². The molecule has 0 unspecified atom stereocenters. The third kappa shape index (κ3) is 5.24. The second-order valence-electron chi connectivity index (χ2n) is 4.72. The summed E-state index contributed by atoms with van der Waals surface area (Å²) in [6.45, 7) is 0. The number of hydrogen-bond donors (Lipinski definition) is 2. The van der Waals surface area contributed by atoms with Crippen LogP contribution in [0.15, 0.2) is 53.6 Å². The first-order valence-corrected chi connectivity index (χ1v) is 7.19. The van der Waals surface area contributed by atoms with Crippen molar-refractivity contribution in [3.05, 3.63) is 69.8 Å². The van der Waals surface area contributed by atoms with E-state index < -0.39 is 16.7 Å². The summed E-state index contributed by atoms with van der Waals surface area (Å²) < 4.78 is 37.9. The van der Waals surface area contributed by atoms with E-state index in [2.05, 4.69) is 15.8 Å². The number of nitro groups is 1. The lowest BCUT2D eigenvalue weighted by atomic mass is 10.2. The van der Waals surface area contributed by atoms with Crippen molar-refractivity contribution in [2.24, 2.45) is 5.10 Å². The van der Waals surface area contributed by atoms with Gasteiger partial charge in [0.05, 0.1) is 22.3 Å². The fourth-order valence-corrected chi connectivity index (χ4v) is 2.03. The minimum Gasteiger partial charge on any atom is -0.331 e. The third-order valence-electron chi connectivity index (χ3n) is 2.95. The molecule has 0 fully saturated rings. The smallest absolute Gasteiger partial charge is 0.331 e. The molecule has 2 aromatic rings. The van der Waals surface area contributed by atoms with Crippen molar-refractivity contribution in [1.29, 1.82) is 0 Å². The Labute approximate surface area is 145 Å². The summed E-state index contributed by atoms with van der Waals surface area (Å²) in [6.07, 6.45) is -3.27. The van der Waals surface area contributed by atoms with Crippen molar-refractivity contribution in [3.63, 3.8) is 0 Å². The van der Waals surface area contributed by atoms with Crippen LogP contribution in [0.25, 0.3) is 0 Å². The molecular formula is C15H11F3N4O2S. The molecule has 2 rings (SSSR count). The minimum atomic E-state index is -4.46. The number of thiocarbonyl (C=S) groups is 1. The summed E-state index contributed by atoms with van der Waals surface area (Å²) in [5, 5.41) is 17.1. The number of nitrogens with one attached hydrogen (secondary N) is 2. The first kappa shape index (κ1) is 18.3. The topological polar surface area (TPSA) is 79.6 Å². The number of rotatable bonds is 4.